The minimum absolute atomic E-state index is 0.0298. The van der Waals surface area contributed by atoms with Gasteiger partial charge in [0.1, 0.15) is 5.69 Å². The second-order valence-corrected chi connectivity index (χ2v) is 4.67. The summed E-state index contributed by atoms with van der Waals surface area (Å²) >= 11 is 0. The van der Waals surface area contributed by atoms with Crippen LogP contribution in [0, 0.1) is 10.1 Å². The zero-order valence-electron chi connectivity index (χ0n) is 11.0. The third kappa shape index (κ3) is 2.67. The predicted octanol–water partition coefficient (Wildman–Crippen LogP) is 2.69. The number of fused-ring (bicyclic) bond motifs is 1. The van der Waals surface area contributed by atoms with E-state index in [2.05, 4.69) is 10.6 Å². The maximum atomic E-state index is 11.3. The molecule has 0 atom stereocenters. The molecule has 0 saturated carbocycles. The molecule has 2 N–H and O–H groups in total. The van der Waals surface area contributed by atoms with Crippen molar-refractivity contribution >= 4 is 23.0 Å². The maximum absolute atomic E-state index is 11.3. The number of nitro groups is 1. The quantitative estimate of drug-likeness (QED) is 0.632. The molecule has 1 amide bonds. The van der Waals surface area contributed by atoms with Gasteiger partial charge in [-0.3, -0.25) is 14.9 Å². The van der Waals surface area contributed by atoms with Gasteiger partial charge in [0.25, 0.3) is 5.69 Å². The van der Waals surface area contributed by atoms with E-state index in [1.165, 1.54) is 6.07 Å². The summed E-state index contributed by atoms with van der Waals surface area (Å²) in [6, 6.07) is 3.34. The lowest BCUT2D eigenvalue weighted by Crippen LogP contribution is -2.18. The molecule has 1 aliphatic heterocycles. The monoisotopic (exact) mass is 263 g/mol. The van der Waals surface area contributed by atoms with Crippen LogP contribution >= 0.6 is 0 Å². The molecule has 1 aromatic rings. The molecule has 0 bridgehead atoms. The van der Waals surface area contributed by atoms with Crippen molar-refractivity contribution in [3.8, 4) is 0 Å². The van der Waals surface area contributed by atoms with Crippen LogP contribution in [0.15, 0.2) is 12.1 Å². The topological polar surface area (TPSA) is 84.3 Å². The first-order chi connectivity index (χ1) is 9.05. The molecule has 0 aliphatic carbocycles. The molecule has 102 valence electrons. The van der Waals surface area contributed by atoms with Gasteiger partial charge in [-0.15, -0.1) is 0 Å². The van der Waals surface area contributed by atoms with Gasteiger partial charge in [-0.05, 0) is 24.5 Å². The smallest absolute Gasteiger partial charge is 0.292 e. The normalized spacial score (nSPS) is 13.3. The summed E-state index contributed by atoms with van der Waals surface area (Å²) in [7, 11) is 0. The molecule has 6 heteroatoms. The van der Waals surface area contributed by atoms with Gasteiger partial charge in [0.15, 0.2) is 0 Å². The van der Waals surface area contributed by atoms with E-state index in [0.717, 1.165) is 12.8 Å². The molecule has 0 spiro atoms. The minimum atomic E-state index is -0.409. The Hall–Kier alpha value is -2.11. The van der Waals surface area contributed by atoms with Crippen molar-refractivity contribution < 1.29 is 9.72 Å². The summed E-state index contributed by atoms with van der Waals surface area (Å²) in [5.41, 5.74) is 1.86. The molecule has 0 saturated heterocycles. The number of carbonyl (C=O) groups excluding carboxylic acids is 1. The standard InChI is InChI=1S/C13H17N3O3/c1-3-9(4-2)14-11-7-10-8(6-13(17)15-10)5-12(11)16(18)19/h5,7,9,14H,3-4,6H2,1-2H3,(H,15,17). The zero-order valence-corrected chi connectivity index (χ0v) is 11.0. The highest BCUT2D eigenvalue weighted by Gasteiger charge is 2.25. The Morgan fingerprint density at radius 1 is 1.42 bits per heavy atom. The Labute approximate surface area is 111 Å². The fraction of sp³-hybridized carbons (Fsp3) is 0.462. The van der Waals surface area contributed by atoms with Crippen LogP contribution in [0.1, 0.15) is 32.3 Å². The van der Waals surface area contributed by atoms with Gasteiger partial charge in [-0.2, -0.15) is 0 Å². The highest BCUT2D eigenvalue weighted by Crippen LogP contribution is 2.35. The van der Waals surface area contributed by atoms with Crippen LogP contribution in [0.4, 0.5) is 17.1 Å². The predicted molar refractivity (Wildman–Crippen MR) is 73.4 cm³/mol. The van der Waals surface area contributed by atoms with Gasteiger partial charge in [-0.1, -0.05) is 13.8 Å². The molecule has 0 unspecified atom stereocenters. The van der Waals surface area contributed by atoms with E-state index in [4.69, 9.17) is 0 Å². The largest absolute Gasteiger partial charge is 0.377 e. The molecular formula is C13H17N3O3. The summed E-state index contributed by atoms with van der Waals surface area (Å²) in [6.07, 6.45) is 1.98. The number of nitrogens with zero attached hydrogens (tertiary/aromatic N) is 1. The Morgan fingerprint density at radius 3 is 2.68 bits per heavy atom. The molecule has 2 rings (SSSR count). The summed E-state index contributed by atoms with van der Waals surface area (Å²) in [4.78, 5) is 22.0. The van der Waals surface area contributed by atoms with Gasteiger partial charge in [0, 0.05) is 17.8 Å². The summed E-state index contributed by atoms with van der Waals surface area (Å²) in [6.45, 7) is 4.06. The number of hydrogen-bond acceptors (Lipinski definition) is 4. The molecule has 0 fully saturated rings. The van der Waals surface area contributed by atoms with Crippen LogP contribution in [0.25, 0.3) is 0 Å². The van der Waals surface area contributed by atoms with Crippen LogP contribution in [0.5, 0.6) is 0 Å². The maximum Gasteiger partial charge on any atom is 0.292 e. The van der Waals surface area contributed by atoms with E-state index in [0.29, 0.717) is 16.9 Å². The van der Waals surface area contributed by atoms with Crippen molar-refractivity contribution in [3.63, 3.8) is 0 Å². The van der Waals surface area contributed by atoms with Crippen molar-refractivity contribution in [2.24, 2.45) is 0 Å². The van der Waals surface area contributed by atoms with Gasteiger partial charge >= 0.3 is 0 Å². The van der Waals surface area contributed by atoms with Crippen molar-refractivity contribution in [2.45, 2.75) is 39.2 Å². The van der Waals surface area contributed by atoms with Crippen LogP contribution in [0.3, 0.4) is 0 Å². The first-order valence-corrected chi connectivity index (χ1v) is 6.42. The lowest BCUT2D eigenvalue weighted by molar-refractivity contribution is -0.384. The Bertz CT molecular complexity index is 524. The number of amides is 1. The highest BCUT2D eigenvalue weighted by atomic mass is 16.6. The molecule has 0 aromatic heterocycles. The molecule has 1 aliphatic rings. The molecule has 1 heterocycles. The number of rotatable bonds is 5. The van der Waals surface area contributed by atoms with Crippen molar-refractivity contribution in [2.75, 3.05) is 10.6 Å². The minimum Gasteiger partial charge on any atom is -0.377 e. The number of hydrogen-bond donors (Lipinski definition) is 2. The summed E-state index contributed by atoms with van der Waals surface area (Å²) < 4.78 is 0. The van der Waals surface area contributed by atoms with E-state index in [9.17, 15) is 14.9 Å². The lowest BCUT2D eigenvalue weighted by atomic mass is 10.1. The van der Waals surface area contributed by atoms with Gasteiger partial charge in [0.2, 0.25) is 5.91 Å². The number of nitro benzene ring substituents is 1. The number of anilines is 2. The van der Waals surface area contributed by atoms with Crippen LogP contribution < -0.4 is 10.6 Å². The number of benzene rings is 1. The highest BCUT2D eigenvalue weighted by molar-refractivity contribution is 6.00. The lowest BCUT2D eigenvalue weighted by Gasteiger charge is -2.17. The Balaban J connectivity index is 2.39. The molecule has 0 radical (unpaired) electrons. The Kier molecular flexibility index (Phi) is 3.69. The Morgan fingerprint density at radius 2 is 2.11 bits per heavy atom. The van der Waals surface area contributed by atoms with Gasteiger partial charge in [0.05, 0.1) is 11.3 Å². The first kappa shape index (κ1) is 13.3. The fourth-order valence-electron chi connectivity index (χ4n) is 2.24. The first-order valence-electron chi connectivity index (χ1n) is 6.42. The SMILES string of the molecule is CCC(CC)Nc1cc2c(cc1[N+](=O)[O-])CC(=O)N2. The van der Waals surface area contributed by atoms with Crippen molar-refractivity contribution in [1.29, 1.82) is 0 Å². The summed E-state index contributed by atoms with van der Waals surface area (Å²) in [5.74, 6) is -0.121. The second-order valence-electron chi connectivity index (χ2n) is 4.67. The molecule has 1 aromatic carbocycles. The van der Waals surface area contributed by atoms with E-state index in [1.54, 1.807) is 6.07 Å². The van der Waals surface area contributed by atoms with Crippen LogP contribution in [-0.2, 0) is 11.2 Å². The number of nitrogens with one attached hydrogen (secondary N) is 2. The zero-order chi connectivity index (χ0) is 14.0. The average Bonchev–Trinajstić information content (AvgIpc) is 2.73. The number of carbonyl (C=O) groups is 1. The molecule has 6 nitrogen and oxygen atoms in total. The van der Waals surface area contributed by atoms with Crippen molar-refractivity contribution in [3.05, 3.63) is 27.8 Å². The van der Waals surface area contributed by atoms with Crippen molar-refractivity contribution in [1.82, 2.24) is 0 Å². The average molecular weight is 263 g/mol. The van der Waals surface area contributed by atoms with Crippen LogP contribution in [0.2, 0.25) is 0 Å². The third-order valence-electron chi connectivity index (χ3n) is 3.39. The van der Waals surface area contributed by atoms with Crippen LogP contribution in [-0.4, -0.2) is 16.9 Å². The second kappa shape index (κ2) is 5.26. The van der Waals surface area contributed by atoms with Gasteiger partial charge < -0.3 is 10.6 Å². The van der Waals surface area contributed by atoms with E-state index in [-0.39, 0.29) is 24.1 Å². The fourth-order valence-corrected chi connectivity index (χ4v) is 2.24. The molecule has 19 heavy (non-hydrogen) atoms. The van der Waals surface area contributed by atoms with Gasteiger partial charge in [-0.25, -0.2) is 0 Å². The molecular weight excluding hydrogens is 246 g/mol. The van der Waals surface area contributed by atoms with E-state index < -0.39 is 4.92 Å². The third-order valence-corrected chi connectivity index (χ3v) is 3.39. The van der Waals surface area contributed by atoms with E-state index in [1.807, 2.05) is 13.8 Å². The van der Waals surface area contributed by atoms with E-state index >= 15 is 0 Å². The summed E-state index contributed by atoms with van der Waals surface area (Å²) in [5, 5.41) is 17.0.